The number of hydrogen-bond acceptors (Lipinski definition) is 4. The van der Waals surface area contributed by atoms with Crippen LogP contribution in [0.5, 0.6) is 0 Å². The highest BCUT2D eigenvalue weighted by Crippen LogP contribution is 2.41. The summed E-state index contributed by atoms with van der Waals surface area (Å²) < 4.78 is 7.38. The third-order valence-corrected chi connectivity index (χ3v) is 6.46. The van der Waals surface area contributed by atoms with Crippen LogP contribution in [0.3, 0.4) is 0 Å². The van der Waals surface area contributed by atoms with Crippen LogP contribution in [0.2, 0.25) is 0 Å². The van der Waals surface area contributed by atoms with Gasteiger partial charge in [-0.15, -0.1) is 11.3 Å². The van der Waals surface area contributed by atoms with Gasteiger partial charge in [-0.05, 0) is 48.2 Å². The minimum absolute atomic E-state index is 0.677. The van der Waals surface area contributed by atoms with Crippen molar-refractivity contribution in [1.29, 1.82) is 0 Å². The number of pyridine rings is 2. The number of hydrogen-bond donors (Lipinski definition) is 0. The zero-order valence-corrected chi connectivity index (χ0v) is 16.5. The van der Waals surface area contributed by atoms with Crippen LogP contribution in [0.15, 0.2) is 83.4 Å². The van der Waals surface area contributed by atoms with Crippen molar-refractivity contribution >= 4 is 43.5 Å². The molecule has 0 bridgehead atoms. The molecule has 6 aromatic rings. The number of aromatic nitrogens is 2. The fourth-order valence-corrected chi connectivity index (χ4v) is 5.02. The Morgan fingerprint density at radius 1 is 0.862 bits per heavy atom. The number of rotatable bonds is 2. The molecule has 0 saturated carbocycles. The van der Waals surface area contributed by atoms with E-state index in [2.05, 4.69) is 65.6 Å². The fourth-order valence-electron chi connectivity index (χ4n) is 3.86. The first-order chi connectivity index (χ1) is 14.3. The highest BCUT2D eigenvalue weighted by atomic mass is 32.1. The Kier molecular flexibility index (Phi) is 3.55. The van der Waals surface area contributed by atoms with Crippen LogP contribution in [0, 0.1) is 6.92 Å². The Morgan fingerprint density at radius 2 is 1.76 bits per heavy atom. The molecule has 0 fully saturated rings. The van der Waals surface area contributed by atoms with Gasteiger partial charge in [0.1, 0.15) is 5.58 Å². The van der Waals surface area contributed by atoms with Crippen LogP contribution in [-0.2, 0) is 0 Å². The first kappa shape index (κ1) is 16.5. The monoisotopic (exact) mass is 392 g/mol. The quantitative estimate of drug-likeness (QED) is 0.312. The normalized spacial score (nSPS) is 11.6. The lowest BCUT2D eigenvalue weighted by Crippen LogP contribution is -1.83. The summed E-state index contributed by atoms with van der Waals surface area (Å²) in [5, 5.41) is 3.31. The lowest BCUT2D eigenvalue weighted by atomic mass is 10.1. The van der Waals surface area contributed by atoms with Crippen LogP contribution in [0.1, 0.15) is 5.69 Å². The van der Waals surface area contributed by atoms with E-state index in [4.69, 9.17) is 9.40 Å². The molecule has 138 valence electrons. The number of aryl methyl sites for hydroxylation is 1. The Balaban J connectivity index is 1.63. The second-order valence-electron chi connectivity index (χ2n) is 7.14. The molecule has 0 amide bonds. The maximum Gasteiger partial charge on any atom is 0.227 e. The number of nitrogens with zero attached hydrogens (tertiary/aromatic N) is 2. The minimum Gasteiger partial charge on any atom is -0.437 e. The molecule has 0 saturated heterocycles. The average molecular weight is 392 g/mol. The Bertz CT molecular complexity index is 1510. The summed E-state index contributed by atoms with van der Waals surface area (Å²) in [6, 6.07) is 25.1. The van der Waals surface area contributed by atoms with Crippen molar-refractivity contribution in [3.05, 3.63) is 84.7 Å². The molecular formula is C25H16N2OS. The summed E-state index contributed by atoms with van der Waals surface area (Å²) in [7, 11) is 0. The Hall–Kier alpha value is -3.50. The first-order valence-corrected chi connectivity index (χ1v) is 10.3. The predicted molar refractivity (Wildman–Crippen MR) is 120 cm³/mol. The summed E-state index contributed by atoms with van der Waals surface area (Å²) in [6.07, 6.45) is 1.88. The molecule has 0 radical (unpaired) electrons. The smallest absolute Gasteiger partial charge is 0.227 e. The van der Waals surface area contributed by atoms with Gasteiger partial charge in [-0.25, -0.2) is 4.98 Å². The maximum absolute atomic E-state index is 6.21. The number of furan rings is 1. The molecule has 3 nitrogen and oxygen atoms in total. The number of fused-ring (bicyclic) bond motifs is 4. The molecule has 6 rings (SSSR count). The van der Waals surface area contributed by atoms with Crippen LogP contribution in [0.25, 0.3) is 53.9 Å². The van der Waals surface area contributed by atoms with Crippen molar-refractivity contribution in [3.8, 4) is 21.7 Å². The van der Waals surface area contributed by atoms with Gasteiger partial charge < -0.3 is 4.42 Å². The summed E-state index contributed by atoms with van der Waals surface area (Å²) in [6.45, 7) is 1.98. The molecule has 0 aliphatic heterocycles. The summed E-state index contributed by atoms with van der Waals surface area (Å²) in [5.41, 5.74) is 5.65. The van der Waals surface area contributed by atoms with Gasteiger partial charge in [-0.2, -0.15) is 0 Å². The fraction of sp³-hybridized carbons (Fsp3) is 0.0400. The highest BCUT2D eigenvalue weighted by molar-refractivity contribution is 7.22. The molecule has 0 aliphatic carbocycles. The van der Waals surface area contributed by atoms with Crippen LogP contribution >= 0.6 is 11.3 Å². The van der Waals surface area contributed by atoms with E-state index in [1.54, 1.807) is 11.3 Å². The standard InChI is InChI=1S/C25H16N2OS/c1-15-10-11-19-18-8-5-9-20(23(18)28-25(19)27-15)22-24-17(12-13-26-22)14-21(29-24)16-6-3-2-4-7-16/h2-14H,1H3. The lowest BCUT2D eigenvalue weighted by Gasteiger charge is -2.03. The lowest BCUT2D eigenvalue weighted by molar-refractivity contribution is 0.653. The largest absolute Gasteiger partial charge is 0.437 e. The van der Waals surface area contributed by atoms with Gasteiger partial charge in [0.05, 0.1) is 10.4 Å². The van der Waals surface area contributed by atoms with Crippen molar-refractivity contribution in [2.45, 2.75) is 6.92 Å². The van der Waals surface area contributed by atoms with Crippen LogP contribution < -0.4 is 0 Å². The molecule has 2 aromatic carbocycles. The SMILES string of the molecule is Cc1ccc2c(n1)oc1c(-c3nccc4cc(-c5ccccc5)sc34)cccc12. The van der Waals surface area contributed by atoms with E-state index < -0.39 is 0 Å². The maximum atomic E-state index is 6.21. The minimum atomic E-state index is 0.677. The molecular weight excluding hydrogens is 376 g/mol. The zero-order chi connectivity index (χ0) is 19.4. The van der Waals surface area contributed by atoms with Gasteiger partial charge in [-0.1, -0.05) is 42.5 Å². The van der Waals surface area contributed by atoms with Gasteiger partial charge in [-0.3, -0.25) is 4.98 Å². The van der Waals surface area contributed by atoms with E-state index in [-0.39, 0.29) is 0 Å². The zero-order valence-electron chi connectivity index (χ0n) is 15.7. The molecule has 29 heavy (non-hydrogen) atoms. The van der Waals surface area contributed by atoms with Crippen molar-refractivity contribution in [2.24, 2.45) is 0 Å². The summed E-state index contributed by atoms with van der Waals surface area (Å²) in [4.78, 5) is 10.6. The van der Waals surface area contributed by atoms with Crippen LogP contribution in [0.4, 0.5) is 0 Å². The average Bonchev–Trinajstić information content (AvgIpc) is 3.35. The van der Waals surface area contributed by atoms with Crippen molar-refractivity contribution in [2.75, 3.05) is 0 Å². The molecule has 0 unspecified atom stereocenters. The van der Waals surface area contributed by atoms with E-state index in [0.717, 1.165) is 33.3 Å². The molecule has 0 N–H and O–H groups in total. The Morgan fingerprint density at radius 3 is 2.66 bits per heavy atom. The second-order valence-corrected chi connectivity index (χ2v) is 8.20. The van der Waals surface area contributed by atoms with Crippen molar-refractivity contribution in [3.63, 3.8) is 0 Å². The van der Waals surface area contributed by atoms with Gasteiger partial charge in [0.25, 0.3) is 0 Å². The van der Waals surface area contributed by atoms with Gasteiger partial charge in [0, 0.05) is 33.1 Å². The van der Waals surface area contributed by atoms with E-state index in [1.807, 2.05) is 25.3 Å². The van der Waals surface area contributed by atoms with Crippen molar-refractivity contribution < 1.29 is 4.42 Å². The number of benzene rings is 2. The summed E-state index contributed by atoms with van der Waals surface area (Å²) >= 11 is 1.77. The first-order valence-electron chi connectivity index (χ1n) is 9.51. The van der Waals surface area contributed by atoms with E-state index in [9.17, 15) is 0 Å². The van der Waals surface area contributed by atoms with E-state index >= 15 is 0 Å². The van der Waals surface area contributed by atoms with Gasteiger partial charge in [0.2, 0.25) is 5.71 Å². The van der Waals surface area contributed by atoms with Gasteiger partial charge in [0.15, 0.2) is 0 Å². The third kappa shape index (κ3) is 2.57. The molecule has 0 atom stereocenters. The molecule has 4 aromatic heterocycles. The second kappa shape index (κ2) is 6.26. The molecule has 0 aliphatic rings. The third-order valence-electron chi connectivity index (χ3n) is 5.25. The van der Waals surface area contributed by atoms with Gasteiger partial charge >= 0.3 is 0 Å². The highest BCUT2D eigenvalue weighted by Gasteiger charge is 2.17. The summed E-state index contributed by atoms with van der Waals surface area (Å²) in [5.74, 6) is 0. The van der Waals surface area contributed by atoms with Crippen molar-refractivity contribution in [1.82, 2.24) is 9.97 Å². The molecule has 4 heteroatoms. The van der Waals surface area contributed by atoms with E-state index in [0.29, 0.717) is 5.71 Å². The molecule has 4 heterocycles. The predicted octanol–water partition coefficient (Wildman–Crippen LogP) is 7.23. The molecule has 0 spiro atoms. The van der Waals surface area contributed by atoms with E-state index in [1.165, 1.54) is 20.5 Å². The Labute approximate surface area is 171 Å². The topological polar surface area (TPSA) is 38.9 Å². The number of para-hydroxylation sites is 1. The van der Waals surface area contributed by atoms with Crippen LogP contribution in [-0.4, -0.2) is 9.97 Å². The number of thiophene rings is 1.